The van der Waals surface area contributed by atoms with Crippen LogP contribution in [0.2, 0.25) is 0 Å². The highest BCUT2D eigenvalue weighted by Gasteiger charge is 2.42. The molecule has 0 spiro atoms. The molecule has 0 atom stereocenters. The summed E-state index contributed by atoms with van der Waals surface area (Å²) in [7, 11) is 0.538. The van der Waals surface area contributed by atoms with E-state index < -0.39 is 8.80 Å². The van der Waals surface area contributed by atoms with Crippen LogP contribution >= 0.6 is 0 Å². The van der Waals surface area contributed by atoms with Gasteiger partial charge in [-0.25, -0.2) is 0 Å². The van der Waals surface area contributed by atoms with Crippen molar-refractivity contribution >= 4 is 8.80 Å². The lowest BCUT2D eigenvalue weighted by Gasteiger charge is -2.29. The van der Waals surface area contributed by atoms with Gasteiger partial charge in [-0.3, -0.25) is 0 Å². The van der Waals surface area contributed by atoms with Crippen LogP contribution in [0.4, 0.5) is 0 Å². The number of benzene rings is 1. The molecule has 6 heteroatoms. The molecule has 126 valence electrons. The molecule has 0 fully saturated rings. The molecule has 0 N–H and O–H groups in total. The summed E-state index contributed by atoms with van der Waals surface area (Å²) in [6.07, 6.45) is 0. The van der Waals surface area contributed by atoms with Crippen molar-refractivity contribution in [3.05, 3.63) is 23.3 Å². The van der Waals surface area contributed by atoms with Crippen LogP contribution in [0.1, 0.15) is 31.9 Å². The van der Waals surface area contributed by atoms with Gasteiger partial charge in [-0.2, -0.15) is 0 Å². The molecule has 0 aliphatic heterocycles. The number of ether oxygens (including phenoxy) is 2. The molecule has 0 aliphatic rings. The smallest absolute Gasteiger partial charge is 0.497 e. The number of hydrogen-bond acceptors (Lipinski definition) is 5. The van der Waals surface area contributed by atoms with Crippen LogP contribution in [-0.4, -0.2) is 42.8 Å². The van der Waals surface area contributed by atoms with E-state index in [0.29, 0.717) is 25.9 Å². The monoisotopic (exact) mass is 328 g/mol. The summed E-state index contributed by atoms with van der Waals surface area (Å²) in [6.45, 7) is 9.58. The van der Waals surface area contributed by atoms with Crippen LogP contribution in [0.3, 0.4) is 0 Å². The zero-order valence-electron chi connectivity index (χ0n) is 14.5. The Morgan fingerprint density at radius 2 is 1.41 bits per heavy atom. The van der Waals surface area contributed by atoms with Gasteiger partial charge >= 0.3 is 8.80 Å². The Morgan fingerprint density at radius 1 is 0.864 bits per heavy atom. The third-order valence-corrected chi connectivity index (χ3v) is 6.32. The molecule has 1 aromatic rings. The largest absolute Gasteiger partial charge is 0.505 e. The molecule has 0 aliphatic carbocycles. The Balaban J connectivity index is 3.21. The Bertz CT molecular complexity index is 447. The van der Waals surface area contributed by atoms with E-state index in [-0.39, 0.29) is 0 Å². The standard InChI is InChI=1S/C16H28O5Si/c1-7-19-22(20-8-2,21-9-3)12-15-13(4)10-14(17-5)11-16(15)18-6/h10-11H,7-9,12H2,1-6H3. The topological polar surface area (TPSA) is 46.2 Å². The molecule has 0 bridgehead atoms. The summed E-state index contributed by atoms with van der Waals surface area (Å²) in [4.78, 5) is 0. The molecular weight excluding hydrogens is 300 g/mol. The van der Waals surface area contributed by atoms with Gasteiger partial charge in [-0.05, 0) is 39.3 Å². The van der Waals surface area contributed by atoms with E-state index >= 15 is 0 Å². The van der Waals surface area contributed by atoms with Crippen LogP contribution in [0.5, 0.6) is 11.5 Å². The summed E-state index contributed by atoms with van der Waals surface area (Å²) in [5.41, 5.74) is 2.12. The van der Waals surface area contributed by atoms with E-state index in [9.17, 15) is 0 Å². The summed E-state index contributed by atoms with van der Waals surface area (Å²) in [6, 6.07) is 4.45. The maximum absolute atomic E-state index is 5.93. The first kappa shape index (κ1) is 19.0. The number of rotatable bonds is 10. The van der Waals surface area contributed by atoms with Crippen LogP contribution in [0.15, 0.2) is 12.1 Å². The molecule has 0 radical (unpaired) electrons. The van der Waals surface area contributed by atoms with Gasteiger partial charge in [0.15, 0.2) is 0 Å². The van der Waals surface area contributed by atoms with Crippen molar-refractivity contribution in [2.24, 2.45) is 0 Å². The van der Waals surface area contributed by atoms with Crippen LogP contribution in [0, 0.1) is 6.92 Å². The molecule has 1 rings (SSSR count). The van der Waals surface area contributed by atoms with Crippen LogP contribution in [0.25, 0.3) is 0 Å². The molecule has 0 amide bonds. The molecule has 5 nitrogen and oxygen atoms in total. The first-order valence-corrected chi connectivity index (χ1v) is 9.62. The van der Waals surface area contributed by atoms with Gasteiger partial charge in [-0.1, -0.05) is 0 Å². The molecule has 0 saturated carbocycles. The quantitative estimate of drug-likeness (QED) is 0.618. The molecule has 22 heavy (non-hydrogen) atoms. The highest BCUT2D eigenvalue weighted by atomic mass is 28.4. The average molecular weight is 328 g/mol. The summed E-state index contributed by atoms with van der Waals surface area (Å²) in [5.74, 6) is 1.54. The lowest BCUT2D eigenvalue weighted by molar-refractivity contribution is 0.0701. The SMILES string of the molecule is CCO[Si](Cc1c(C)cc(OC)cc1OC)(OCC)OCC. The lowest BCUT2D eigenvalue weighted by Crippen LogP contribution is -2.48. The summed E-state index contributed by atoms with van der Waals surface area (Å²) >= 11 is 0. The predicted octanol–water partition coefficient (Wildman–Crippen LogP) is 3.14. The van der Waals surface area contributed by atoms with Crippen molar-refractivity contribution < 1.29 is 22.8 Å². The molecule has 0 saturated heterocycles. The molecule has 0 heterocycles. The van der Waals surface area contributed by atoms with Crippen molar-refractivity contribution in [1.82, 2.24) is 0 Å². The normalized spacial score (nSPS) is 11.5. The fourth-order valence-corrected chi connectivity index (χ4v) is 5.20. The highest BCUT2D eigenvalue weighted by molar-refractivity contribution is 6.60. The molecule has 1 aromatic carbocycles. The Kier molecular flexibility index (Phi) is 7.88. The third-order valence-electron chi connectivity index (χ3n) is 3.35. The number of methoxy groups -OCH3 is 2. The lowest BCUT2D eigenvalue weighted by atomic mass is 10.1. The molecule has 0 aromatic heterocycles. The minimum absolute atomic E-state index is 0.559. The fourth-order valence-electron chi connectivity index (χ4n) is 2.43. The third kappa shape index (κ3) is 4.71. The van der Waals surface area contributed by atoms with Gasteiger partial charge in [0, 0.05) is 37.5 Å². The molecular formula is C16H28O5Si. The van der Waals surface area contributed by atoms with Crippen molar-refractivity contribution in [2.75, 3.05) is 34.0 Å². The maximum atomic E-state index is 5.93. The van der Waals surface area contributed by atoms with Gasteiger partial charge in [0.2, 0.25) is 0 Å². The van der Waals surface area contributed by atoms with E-state index in [2.05, 4.69) is 0 Å². The first-order valence-electron chi connectivity index (χ1n) is 7.69. The highest BCUT2D eigenvalue weighted by Crippen LogP contribution is 2.31. The minimum Gasteiger partial charge on any atom is -0.497 e. The van der Waals surface area contributed by atoms with E-state index in [1.54, 1.807) is 14.2 Å². The van der Waals surface area contributed by atoms with E-state index in [1.807, 2.05) is 39.8 Å². The van der Waals surface area contributed by atoms with E-state index in [4.69, 9.17) is 22.8 Å². The summed E-state index contributed by atoms with van der Waals surface area (Å²) < 4.78 is 28.6. The Labute approximate surface area is 134 Å². The molecule has 0 unspecified atom stereocenters. The first-order chi connectivity index (χ1) is 10.6. The predicted molar refractivity (Wildman–Crippen MR) is 88.6 cm³/mol. The fraction of sp³-hybridized carbons (Fsp3) is 0.625. The van der Waals surface area contributed by atoms with Crippen LogP contribution in [-0.2, 0) is 19.3 Å². The van der Waals surface area contributed by atoms with Gasteiger partial charge in [0.05, 0.1) is 14.2 Å². The second-order valence-corrected chi connectivity index (χ2v) is 7.37. The van der Waals surface area contributed by atoms with E-state index in [1.165, 1.54) is 0 Å². The second kappa shape index (κ2) is 9.15. The van der Waals surface area contributed by atoms with Gasteiger partial charge < -0.3 is 22.8 Å². The van der Waals surface area contributed by atoms with Crippen molar-refractivity contribution in [3.63, 3.8) is 0 Å². The van der Waals surface area contributed by atoms with Gasteiger partial charge in [-0.15, -0.1) is 0 Å². The maximum Gasteiger partial charge on any atom is 0.505 e. The van der Waals surface area contributed by atoms with E-state index in [0.717, 1.165) is 22.6 Å². The second-order valence-electron chi connectivity index (χ2n) is 4.78. The van der Waals surface area contributed by atoms with Crippen molar-refractivity contribution in [2.45, 2.75) is 33.7 Å². The van der Waals surface area contributed by atoms with Crippen molar-refractivity contribution in [1.29, 1.82) is 0 Å². The zero-order chi connectivity index (χ0) is 16.6. The number of hydrogen-bond donors (Lipinski definition) is 0. The zero-order valence-corrected chi connectivity index (χ0v) is 15.5. The van der Waals surface area contributed by atoms with Gasteiger partial charge in [0.1, 0.15) is 11.5 Å². The number of aryl methyl sites for hydroxylation is 1. The van der Waals surface area contributed by atoms with Gasteiger partial charge in [0.25, 0.3) is 0 Å². The average Bonchev–Trinajstić information content (AvgIpc) is 2.49. The van der Waals surface area contributed by atoms with Crippen molar-refractivity contribution in [3.8, 4) is 11.5 Å². The Morgan fingerprint density at radius 3 is 1.82 bits per heavy atom. The van der Waals surface area contributed by atoms with Crippen LogP contribution < -0.4 is 9.47 Å². The summed E-state index contributed by atoms with van der Waals surface area (Å²) in [5, 5.41) is 0. The minimum atomic E-state index is -2.76. The Hall–Kier alpha value is -1.08.